The summed E-state index contributed by atoms with van der Waals surface area (Å²) in [6, 6.07) is 4.38. The molecule has 0 unspecified atom stereocenters. The summed E-state index contributed by atoms with van der Waals surface area (Å²) in [7, 11) is 1.65. The van der Waals surface area contributed by atoms with Crippen LogP contribution in [0.1, 0.15) is 0 Å². The minimum Gasteiger partial charge on any atom is -0.366 e. The molecule has 0 aromatic heterocycles. The van der Waals surface area contributed by atoms with Crippen molar-refractivity contribution in [3.05, 3.63) is 33.3 Å². The van der Waals surface area contributed by atoms with Gasteiger partial charge >= 0.3 is 0 Å². The van der Waals surface area contributed by atoms with E-state index in [1.54, 1.807) is 13.1 Å². The van der Waals surface area contributed by atoms with Crippen LogP contribution in [0.5, 0.6) is 0 Å². The first kappa shape index (κ1) is 11.7. The van der Waals surface area contributed by atoms with Crippen molar-refractivity contribution in [3.63, 3.8) is 0 Å². The molecule has 1 aromatic carbocycles. The quantitative estimate of drug-likeness (QED) is 0.475. The maximum absolute atomic E-state index is 10.6. The van der Waals surface area contributed by atoms with Crippen LogP contribution in [0.3, 0.4) is 0 Å². The average molecular weight is 246 g/mol. The number of hydrogen-bond acceptors (Lipinski definition) is 3. The SMILES string of the molecule is CNC(=S)Nc1ccc(Cl)c([N+](=O)[O-])c1. The molecule has 1 aromatic rings. The van der Waals surface area contributed by atoms with E-state index in [-0.39, 0.29) is 10.7 Å². The first-order chi connectivity index (χ1) is 7.04. The molecule has 2 N–H and O–H groups in total. The van der Waals surface area contributed by atoms with Gasteiger partial charge in [0.25, 0.3) is 5.69 Å². The fourth-order valence-corrected chi connectivity index (χ4v) is 1.23. The maximum Gasteiger partial charge on any atom is 0.289 e. The van der Waals surface area contributed by atoms with Crippen molar-refractivity contribution in [1.82, 2.24) is 5.32 Å². The highest BCUT2D eigenvalue weighted by Crippen LogP contribution is 2.27. The number of nitrogens with one attached hydrogen (secondary N) is 2. The molecule has 15 heavy (non-hydrogen) atoms. The summed E-state index contributed by atoms with van der Waals surface area (Å²) in [5.74, 6) is 0. The number of benzene rings is 1. The molecule has 0 heterocycles. The summed E-state index contributed by atoms with van der Waals surface area (Å²) < 4.78 is 0. The van der Waals surface area contributed by atoms with E-state index in [9.17, 15) is 10.1 Å². The highest BCUT2D eigenvalue weighted by molar-refractivity contribution is 7.80. The Kier molecular flexibility index (Phi) is 3.81. The highest BCUT2D eigenvalue weighted by Gasteiger charge is 2.12. The molecular formula is C8H8ClN3O2S. The Morgan fingerprint density at radius 3 is 2.80 bits per heavy atom. The van der Waals surface area contributed by atoms with E-state index in [1.165, 1.54) is 12.1 Å². The molecule has 0 aliphatic carbocycles. The first-order valence-electron chi connectivity index (χ1n) is 3.97. The Morgan fingerprint density at radius 2 is 2.27 bits per heavy atom. The van der Waals surface area contributed by atoms with Crippen molar-refractivity contribution in [1.29, 1.82) is 0 Å². The van der Waals surface area contributed by atoms with Gasteiger partial charge in [-0.2, -0.15) is 0 Å². The van der Waals surface area contributed by atoms with Gasteiger partial charge in [0.05, 0.1) is 4.92 Å². The lowest BCUT2D eigenvalue weighted by atomic mass is 10.3. The number of nitro benzene ring substituents is 1. The third-order valence-corrected chi connectivity index (χ3v) is 2.25. The Hall–Kier alpha value is -1.40. The maximum atomic E-state index is 10.6. The smallest absolute Gasteiger partial charge is 0.289 e. The van der Waals surface area contributed by atoms with Gasteiger partial charge < -0.3 is 10.6 Å². The summed E-state index contributed by atoms with van der Waals surface area (Å²) in [4.78, 5) is 10.0. The standard InChI is InChI=1S/C8H8ClN3O2S/c1-10-8(15)11-5-2-3-6(9)7(4-5)12(13)14/h2-4H,1H3,(H2,10,11,15). The van der Waals surface area contributed by atoms with Gasteiger partial charge in [0.2, 0.25) is 0 Å². The number of halogens is 1. The Balaban J connectivity index is 2.97. The second-order valence-electron chi connectivity index (χ2n) is 2.63. The molecule has 0 saturated carbocycles. The van der Waals surface area contributed by atoms with Gasteiger partial charge in [-0.05, 0) is 24.4 Å². The number of hydrogen-bond donors (Lipinski definition) is 2. The van der Waals surface area contributed by atoms with E-state index in [1.807, 2.05) is 0 Å². The number of anilines is 1. The summed E-state index contributed by atoms with van der Waals surface area (Å²) in [5, 5.41) is 16.5. The third-order valence-electron chi connectivity index (χ3n) is 1.63. The zero-order valence-corrected chi connectivity index (χ0v) is 9.35. The second-order valence-corrected chi connectivity index (χ2v) is 3.44. The molecule has 0 atom stereocenters. The van der Waals surface area contributed by atoms with Crippen LogP contribution >= 0.6 is 23.8 Å². The summed E-state index contributed by atoms with van der Waals surface area (Å²) in [6.07, 6.45) is 0. The normalized spacial score (nSPS) is 9.47. The minimum atomic E-state index is -0.546. The lowest BCUT2D eigenvalue weighted by molar-refractivity contribution is -0.384. The van der Waals surface area contributed by atoms with Crippen LogP contribution < -0.4 is 10.6 Å². The lowest BCUT2D eigenvalue weighted by Gasteiger charge is -2.06. The van der Waals surface area contributed by atoms with Gasteiger partial charge in [-0.1, -0.05) is 11.6 Å². The zero-order chi connectivity index (χ0) is 11.4. The fraction of sp³-hybridized carbons (Fsp3) is 0.125. The molecule has 0 spiro atoms. The molecule has 7 heteroatoms. The van der Waals surface area contributed by atoms with Crippen LogP contribution in [0.15, 0.2) is 18.2 Å². The molecule has 0 saturated heterocycles. The third kappa shape index (κ3) is 3.03. The van der Waals surface area contributed by atoms with Gasteiger partial charge in [-0.25, -0.2) is 0 Å². The van der Waals surface area contributed by atoms with Gasteiger partial charge in [0.1, 0.15) is 5.02 Å². The molecule has 5 nitrogen and oxygen atoms in total. The minimum absolute atomic E-state index is 0.0981. The van der Waals surface area contributed by atoms with Crippen molar-refractivity contribution >= 4 is 40.3 Å². The van der Waals surface area contributed by atoms with Gasteiger partial charge in [0.15, 0.2) is 5.11 Å². The van der Waals surface area contributed by atoms with E-state index >= 15 is 0 Å². The van der Waals surface area contributed by atoms with Gasteiger partial charge in [-0.15, -0.1) is 0 Å². The van der Waals surface area contributed by atoms with Crippen molar-refractivity contribution in [2.75, 3.05) is 12.4 Å². The van der Waals surface area contributed by atoms with Gasteiger partial charge in [-0.3, -0.25) is 10.1 Å². The lowest BCUT2D eigenvalue weighted by Crippen LogP contribution is -2.24. The monoisotopic (exact) mass is 245 g/mol. The van der Waals surface area contributed by atoms with E-state index in [2.05, 4.69) is 10.6 Å². The Bertz CT molecular complexity index is 411. The van der Waals surface area contributed by atoms with Crippen molar-refractivity contribution in [2.45, 2.75) is 0 Å². The predicted octanol–water partition coefficient (Wildman–Crippen LogP) is 2.16. The molecule has 0 fully saturated rings. The topological polar surface area (TPSA) is 67.2 Å². The van der Waals surface area contributed by atoms with E-state index in [0.717, 1.165) is 0 Å². The fourth-order valence-electron chi connectivity index (χ4n) is 0.924. The van der Waals surface area contributed by atoms with Crippen molar-refractivity contribution in [3.8, 4) is 0 Å². The van der Waals surface area contributed by atoms with E-state index in [0.29, 0.717) is 10.8 Å². The number of nitro groups is 1. The number of thiocarbonyl (C=S) groups is 1. The molecule has 80 valence electrons. The molecule has 0 bridgehead atoms. The van der Waals surface area contributed by atoms with Crippen LogP contribution in [0, 0.1) is 10.1 Å². The van der Waals surface area contributed by atoms with Crippen LogP contribution in [0.2, 0.25) is 5.02 Å². The van der Waals surface area contributed by atoms with Gasteiger partial charge in [0, 0.05) is 18.8 Å². The highest BCUT2D eigenvalue weighted by atomic mass is 35.5. The predicted molar refractivity (Wildman–Crippen MR) is 63.4 cm³/mol. The zero-order valence-electron chi connectivity index (χ0n) is 7.78. The second kappa shape index (κ2) is 4.90. The number of rotatable bonds is 2. The van der Waals surface area contributed by atoms with E-state index in [4.69, 9.17) is 23.8 Å². The molecule has 0 radical (unpaired) electrons. The Labute approximate surface area is 96.6 Å². The van der Waals surface area contributed by atoms with Crippen molar-refractivity contribution < 1.29 is 4.92 Å². The van der Waals surface area contributed by atoms with Crippen LogP contribution in [-0.2, 0) is 0 Å². The molecule has 0 aliphatic heterocycles. The summed E-state index contributed by atoms with van der Waals surface area (Å²) >= 11 is 10.5. The average Bonchev–Trinajstić information content (AvgIpc) is 2.20. The molecular weight excluding hydrogens is 238 g/mol. The largest absolute Gasteiger partial charge is 0.366 e. The molecule has 1 rings (SSSR count). The summed E-state index contributed by atoms with van der Waals surface area (Å²) in [5.41, 5.74) is 0.367. The van der Waals surface area contributed by atoms with Crippen molar-refractivity contribution in [2.24, 2.45) is 0 Å². The van der Waals surface area contributed by atoms with Crippen LogP contribution in [0.25, 0.3) is 0 Å². The summed E-state index contributed by atoms with van der Waals surface area (Å²) in [6.45, 7) is 0. The van der Waals surface area contributed by atoms with E-state index < -0.39 is 4.92 Å². The first-order valence-corrected chi connectivity index (χ1v) is 4.76. The Morgan fingerprint density at radius 1 is 1.60 bits per heavy atom. The number of nitrogens with zero attached hydrogens (tertiary/aromatic N) is 1. The molecule has 0 amide bonds. The molecule has 0 aliphatic rings. The van der Waals surface area contributed by atoms with Crippen LogP contribution in [0.4, 0.5) is 11.4 Å². The van der Waals surface area contributed by atoms with Crippen LogP contribution in [-0.4, -0.2) is 17.1 Å².